The molecule has 0 radical (unpaired) electrons. The highest BCUT2D eigenvalue weighted by Crippen LogP contribution is 2.69. The van der Waals surface area contributed by atoms with E-state index in [9.17, 15) is 9.90 Å². The number of nitrogens with zero attached hydrogens (tertiary/aromatic N) is 3. The molecule has 25 heavy (non-hydrogen) atoms. The second-order valence-corrected chi connectivity index (χ2v) is 8.07. The summed E-state index contributed by atoms with van der Waals surface area (Å²) in [7, 11) is 0. The lowest BCUT2D eigenvalue weighted by atomic mass is 9.64. The number of aromatic nitrogens is 3. The van der Waals surface area contributed by atoms with E-state index in [0.717, 1.165) is 28.5 Å². The van der Waals surface area contributed by atoms with Crippen LogP contribution in [0.25, 0.3) is 21.9 Å². The number of rotatable bonds is 1. The van der Waals surface area contributed by atoms with Gasteiger partial charge in [-0.15, -0.1) is 0 Å². The lowest BCUT2D eigenvalue weighted by Crippen LogP contribution is -2.52. The van der Waals surface area contributed by atoms with Gasteiger partial charge < -0.3 is 9.90 Å². The van der Waals surface area contributed by atoms with Gasteiger partial charge in [0.15, 0.2) is 0 Å². The van der Waals surface area contributed by atoms with E-state index in [4.69, 9.17) is 9.97 Å². The number of hydrogen-bond donors (Lipinski definition) is 0. The molecule has 2 aromatic heterocycles. The van der Waals surface area contributed by atoms with Crippen LogP contribution in [0.5, 0.6) is 0 Å². The van der Waals surface area contributed by atoms with Crippen molar-refractivity contribution >= 4 is 27.9 Å². The molecular weight excluding hydrogens is 314 g/mol. The van der Waals surface area contributed by atoms with Gasteiger partial charge in [-0.3, -0.25) is 4.98 Å². The summed E-state index contributed by atoms with van der Waals surface area (Å²) < 4.78 is 0. The van der Waals surface area contributed by atoms with Crippen LogP contribution >= 0.6 is 0 Å². The zero-order chi connectivity index (χ0) is 17.6. The second-order valence-electron chi connectivity index (χ2n) is 8.07. The fourth-order valence-electron chi connectivity index (χ4n) is 5.17. The number of carboxylic acid groups (broad SMARTS) is 1. The van der Waals surface area contributed by atoms with E-state index in [1.807, 2.05) is 38.1 Å². The minimum Gasteiger partial charge on any atom is -0.549 e. The Labute approximate surface area is 145 Å². The monoisotopic (exact) mass is 332 g/mol. The number of aliphatic carboxylic acids is 1. The predicted molar refractivity (Wildman–Crippen MR) is 91.9 cm³/mol. The molecule has 0 amide bonds. The van der Waals surface area contributed by atoms with Gasteiger partial charge in [-0.1, -0.05) is 20.8 Å². The van der Waals surface area contributed by atoms with E-state index < -0.39 is 16.8 Å². The van der Waals surface area contributed by atoms with E-state index in [1.54, 1.807) is 6.20 Å². The Hall–Kier alpha value is -2.56. The highest BCUT2D eigenvalue weighted by Gasteiger charge is 2.70. The molecule has 2 aliphatic rings. The van der Waals surface area contributed by atoms with E-state index in [2.05, 4.69) is 11.9 Å². The van der Waals surface area contributed by atoms with Gasteiger partial charge in [0.25, 0.3) is 0 Å². The molecule has 3 aromatic rings. The predicted octanol–water partition coefficient (Wildman–Crippen LogP) is 2.26. The van der Waals surface area contributed by atoms with Crippen molar-refractivity contribution in [1.29, 1.82) is 0 Å². The largest absolute Gasteiger partial charge is 0.549 e. The fourth-order valence-corrected chi connectivity index (χ4v) is 5.17. The van der Waals surface area contributed by atoms with Crippen LogP contribution in [0.4, 0.5) is 0 Å². The smallest absolute Gasteiger partial charge is 0.0984 e. The maximum Gasteiger partial charge on any atom is 0.0984 e. The molecule has 0 unspecified atom stereocenters. The second kappa shape index (κ2) is 4.15. The molecule has 126 valence electrons. The van der Waals surface area contributed by atoms with Gasteiger partial charge in [0.05, 0.1) is 39.3 Å². The summed E-state index contributed by atoms with van der Waals surface area (Å²) in [6.45, 7) is 6.15. The van der Waals surface area contributed by atoms with Crippen molar-refractivity contribution in [3.05, 3.63) is 41.9 Å². The van der Waals surface area contributed by atoms with Crippen molar-refractivity contribution in [2.24, 2.45) is 5.41 Å². The molecule has 2 aliphatic carbocycles. The summed E-state index contributed by atoms with van der Waals surface area (Å²) in [5.41, 5.74) is 1.91. The highest BCUT2D eigenvalue weighted by atomic mass is 16.4. The number of benzene rings is 1. The van der Waals surface area contributed by atoms with Crippen molar-refractivity contribution in [3.8, 4) is 0 Å². The maximum absolute atomic E-state index is 12.3. The van der Waals surface area contributed by atoms with Crippen LogP contribution in [0.1, 0.15) is 45.0 Å². The Kier molecular flexibility index (Phi) is 2.45. The minimum absolute atomic E-state index is 0.325. The van der Waals surface area contributed by atoms with Crippen molar-refractivity contribution in [2.45, 2.75) is 44.4 Å². The summed E-state index contributed by atoms with van der Waals surface area (Å²) in [4.78, 5) is 26.4. The summed E-state index contributed by atoms with van der Waals surface area (Å²) in [5.74, 6) is -1.03. The molecule has 0 aliphatic heterocycles. The molecule has 0 saturated heterocycles. The van der Waals surface area contributed by atoms with E-state index in [1.165, 1.54) is 0 Å². The Morgan fingerprint density at radius 2 is 1.80 bits per heavy atom. The van der Waals surface area contributed by atoms with E-state index >= 15 is 0 Å². The fraction of sp³-hybridized carbons (Fsp3) is 0.400. The van der Waals surface area contributed by atoms with Crippen molar-refractivity contribution in [3.63, 3.8) is 0 Å². The maximum atomic E-state index is 12.3. The van der Waals surface area contributed by atoms with E-state index in [0.29, 0.717) is 17.6 Å². The van der Waals surface area contributed by atoms with Gasteiger partial charge in [0.2, 0.25) is 0 Å². The molecule has 2 atom stereocenters. The molecule has 5 heteroatoms. The first-order chi connectivity index (χ1) is 11.8. The summed E-state index contributed by atoms with van der Waals surface area (Å²) >= 11 is 0. The first-order valence-corrected chi connectivity index (χ1v) is 8.61. The van der Waals surface area contributed by atoms with Gasteiger partial charge in [-0.2, -0.15) is 0 Å². The van der Waals surface area contributed by atoms with Gasteiger partial charge in [0.1, 0.15) is 0 Å². The number of carbonyl (C=O) groups excluding carboxylic acids is 1. The Morgan fingerprint density at radius 3 is 2.56 bits per heavy atom. The van der Waals surface area contributed by atoms with E-state index in [-0.39, 0.29) is 5.41 Å². The third kappa shape index (κ3) is 1.39. The molecule has 2 bridgehead atoms. The average Bonchev–Trinajstić information content (AvgIpc) is 2.89. The molecule has 1 fully saturated rings. The van der Waals surface area contributed by atoms with Crippen LogP contribution in [-0.4, -0.2) is 20.9 Å². The van der Waals surface area contributed by atoms with Gasteiger partial charge in [0, 0.05) is 17.0 Å². The summed E-state index contributed by atoms with van der Waals surface area (Å²) in [5, 5.41) is 13.2. The highest BCUT2D eigenvalue weighted by molar-refractivity contribution is 6.02. The molecule has 5 nitrogen and oxygen atoms in total. The molecular formula is C20H18N3O2-. The normalized spacial score (nSPS) is 29.2. The molecule has 1 saturated carbocycles. The third-order valence-electron chi connectivity index (χ3n) is 7.14. The molecule has 1 aromatic carbocycles. The quantitative estimate of drug-likeness (QED) is 0.639. The Balaban J connectivity index is 1.95. The van der Waals surface area contributed by atoms with Crippen LogP contribution in [-0.2, 0) is 15.6 Å². The zero-order valence-electron chi connectivity index (χ0n) is 14.5. The number of fused-ring (bicyclic) bond motifs is 8. The number of hydrogen-bond acceptors (Lipinski definition) is 5. The van der Waals surface area contributed by atoms with Crippen LogP contribution in [0.2, 0.25) is 0 Å². The molecule has 0 N–H and O–H groups in total. The van der Waals surface area contributed by atoms with Crippen molar-refractivity contribution < 1.29 is 9.90 Å². The Bertz CT molecular complexity index is 1090. The topological polar surface area (TPSA) is 78.8 Å². The average molecular weight is 332 g/mol. The summed E-state index contributed by atoms with van der Waals surface area (Å²) in [6, 6.07) is 7.66. The SMILES string of the molecule is CC1(C)[C@]2(C)CC[C@@]1(C(=O)[O-])c1nc3ccc4ncccc4c3nc12. The van der Waals surface area contributed by atoms with Gasteiger partial charge >= 0.3 is 0 Å². The molecule has 5 rings (SSSR count). The number of pyridine rings is 1. The standard InChI is InChI=1S/C20H19N3O2/c1-18(2)19(3)8-9-20(18,17(24)25)16-15(19)23-14-11-5-4-10-21-12(11)6-7-13(14)22-16/h4-7,10H,8-9H2,1-3H3,(H,24,25)/p-1/t19-,20+/m1/s1. The molecule has 0 spiro atoms. The van der Waals surface area contributed by atoms with Crippen LogP contribution in [0, 0.1) is 5.41 Å². The third-order valence-corrected chi connectivity index (χ3v) is 7.14. The Morgan fingerprint density at radius 1 is 1.04 bits per heavy atom. The number of carbonyl (C=O) groups is 1. The van der Waals surface area contributed by atoms with Crippen molar-refractivity contribution in [1.82, 2.24) is 15.0 Å². The van der Waals surface area contributed by atoms with Crippen LogP contribution < -0.4 is 5.11 Å². The van der Waals surface area contributed by atoms with Gasteiger partial charge in [-0.05, 0) is 42.5 Å². The number of carboxylic acids is 1. The van der Waals surface area contributed by atoms with Gasteiger partial charge in [-0.25, -0.2) is 9.97 Å². The molecule has 2 heterocycles. The zero-order valence-corrected chi connectivity index (χ0v) is 14.5. The lowest BCUT2D eigenvalue weighted by Gasteiger charge is -2.41. The van der Waals surface area contributed by atoms with Crippen LogP contribution in [0.3, 0.4) is 0 Å². The lowest BCUT2D eigenvalue weighted by molar-refractivity contribution is -0.317. The first kappa shape index (κ1) is 14.8. The van der Waals surface area contributed by atoms with Crippen molar-refractivity contribution in [2.75, 3.05) is 0 Å². The first-order valence-electron chi connectivity index (χ1n) is 8.61. The van der Waals surface area contributed by atoms with Crippen LogP contribution in [0.15, 0.2) is 30.5 Å². The summed E-state index contributed by atoms with van der Waals surface area (Å²) in [6.07, 6.45) is 3.10. The minimum atomic E-state index is -1.07.